The average Bonchev–Trinajstić information content (AvgIpc) is 2.56. The topological polar surface area (TPSA) is 41.6 Å². The van der Waals surface area contributed by atoms with E-state index in [1.54, 1.807) is 18.2 Å². The highest BCUT2D eigenvalue weighted by molar-refractivity contribution is 8.11. The highest BCUT2D eigenvalue weighted by atomic mass is 32.1. The van der Waals surface area contributed by atoms with Gasteiger partial charge in [0.15, 0.2) is 0 Å². The minimum Gasteiger partial charge on any atom is -0.379 e. The van der Waals surface area contributed by atoms with Crippen molar-refractivity contribution in [3.05, 3.63) is 35.4 Å². The molecule has 1 N–H and O–H groups in total. The summed E-state index contributed by atoms with van der Waals surface area (Å²) < 4.78 is 5.60. The second-order valence-electron chi connectivity index (χ2n) is 4.76. The van der Waals surface area contributed by atoms with Crippen LogP contribution in [-0.4, -0.2) is 54.4 Å². The number of ether oxygens (including phenoxy) is 1. The minimum atomic E-state index is -0.112. The summed E-state index contributed by atoms with van der Waals surface area (Å²) in [5.74, 6) is -0.112. The van der Waals surface area contributed by atoms with Crippen molar-refractivity contribution in [2.75, 3.05) is 39.4 Å². The molecule has 1 fully saturated rings. The molecule has 0 aromatic heterocycles. The Morgan fingerprint density at radius 2 is 1.86 bits per heavy atom. The molecule has 1 heterocycles. The van der Waals surface area contributed by atoms with Gasteiger partial charge in [0, 0.05) is 30.8 Å². The van der Waals surface area contributed by atoms with Gasteiger partial charge in [0.25, 0.3) is 5.91 Å². The number of carbonyl (C=O) groups excluding carboxylic acids is 1. The predicted molar refractivity (Wildman–Crippen MR) is 98.1 cm³/mol. The van der Waals surface area contributed by atoms with E-state index in [0.717, 1.165) is 26.3 Å². The number of hydrogen-bond donors (Lipinski definition) is 2. The first-order chi connectivity index (χ1) is 10.6. The normalized spacial score (nSPS) is 14.7. The maximum atomic E-state index is 11.6. The molecule has 6 heteroatoms. The molecule has 122 valence electrons. The molecule has 1 aliphatic rings. The average molecular weight is 341 g/mol. The molecule has 0 aliphatic carbocycles. The Hall–Kier alpha value is -0.950. The largest absolute Gasteiger partial charge is 0.379 e. The third kappa shape index (κ3) is 6.44. The van der Waals surface area contributed by atoms with E-state index in [1.807, 2.05) is 13.0 Å². The van der Waals surface area contributed by atoms with Gasteiger partial charge >= 0.3 is 0 Å². The predicted octanol–water partition coefficient (Wildman–Crippen LogP) is 2.38. The molecule has 1 saturated heterocycles. The van der Waals surface area contributed by atoms with Crippen LogP contribution in [0.2, 0.25) is 0 Å². The second kappa shape index (κ2) is 10.7. The molecule has 1 aliphatic heterocycles. The Morgan fingerprint density at radius 3 is 2.32 bits per heavy atom. The van der Waals surface area contributed by atoms with E-state index in [4.69, 9.17) is 17.0 Å². The number of hydrogen-bond acceptors (Lipinski definition) is 4. The van der Waals surface area contributed by atoms with E-state index in [-0.39, 0.29) is 5.91 Å². The molecule has 0 spiro atoms. The molecule has 22 heavy (non-hydrogen) atoms. The van der Waals surface area contributed by atoms with Gasteiger partial charge in [-0.15, -0.1) is 12.6 Å². The Morgan fingerprint density at radius 1 is 1.27 bits per heavy atom. The van der Waals surface area contributed by atoms with Crippen molar-refractivity contribution in [3.8, 4) is 0 Å². The van der Waals surface area contributed by atoms with Gasteiger partial charge in [-0.05, 0) is 19.5 Å². The lowest BCUT2D eigenvalue weighted by molar-refractivity contribution is 0.0405. The standard InChI is InChI=1S/C10H11NOS2.C6H13NO/c1-2-11-9(12)7-5-3-4-6-8(7)10(13)14;1-2-7-3-5-8-6-4-7/h3-6H,2H2,1H3,(H,11,12)(H,13,14);2-6H2,1H3. The first kappa shape index (κ1) is 19.1. The van der Waals surface area contributed by atoms with Crippen LogP contribution < -0.4 is 5.32 Å². The number of rotatable bonds is 4. The fourth-order valence-electron chi connectivity index (χ4n) is 2.04. The smallest absolute Gasteiger partial charge is 0.251 e. The number of amides is 1. The Kier molecular flexibility index (Phi) is 9.31. The van der Waals surface area contributed by atoms with Crippen LogP contribution in [0.1, 0.15) is 29.8 Å². The molecular formula is C16H24N2O2S2. The molecule has 1 amide bonds. The zero-order valence-corrected chi connectivity index (χ0v) is 14.9. The van der Waals surface area contributed by atoms with Crippen LogP contribution in [0.5, 0.6) is 0 Å². The molecule has 4 nitrogen and oxygen atoms in total. The summed E-state index contributed by atoms with van der Waals surface area (Å²) in [5.41, 5.74) is 1.28. The summed E-state index contributed by atoms with van der Waals surface area (Å²) >= 11 is 9.01. The Balaban J connectivity index is 0.000000255. The molecule has 0 unspecified atom stereocenters. The van der Waals surface area contributed by atoms with E-state index >= 15 is 0 Å². The van der Waals surface area contributed by atoms with Crippen molar-refractivity contribution in [2.24, 2.45) is 0 Å². The lowest BCUT2D eigenvalue weighted by Crippen LogP contribution is -2.35. The summed E-state index contributed by atoms with van der Waals surface area (Å²) in [7, 11) is 0. The maximum absolute atomic E-state index is 11.6. The monoisotopic (exact) mass is 340 g/mol. The number of carbonyl (C=O) groups is 1. The van der Waals surface area contributed by atoms with Crippen molar-refractivity contribution < 1.29 is 9.53 Å². The highest BCUT2D eigenvalue weighted by Crippen LogP contribution is 2.12. The highest BCUT2D eigenvalue weighted by Gasteiger charge is 2.10. The van der Waals surface area contributed by atoms with Crippen LogP contribution in [0.15, 0.2) is 24.3 Å². The molecule has 0 bridgehead atoms. The van der Waals surface area contributed by atoms with Gasteiger partial charge in [-0.3, -0.25) is 9.69 Å². The lowest BCUT2D eigenvalue weighted by atomic mass is 10.1. The second-order valence-corrected chi connectivity index (χ2v) is 5.91. The van der Waals surface area contributed by atoms with Crippen LogP contribution in [-0.2, 0) is 4.74 Å². The number of nitrogens with one attached hydrogen (secondary N) is 1. The number of benzene rings is 1. The summed E-state index contributed by atoms with van der Waals surface area (Å²) in [6, 6.07) is 7.17. The Labute approximate surface area is 143 Å². The van der Waals surface area contributed by atoms with Gasteiger partial charge < -0.3 is 10.1 Å². The van der Waals surface area contributed by atoms with E-state index in [0.29, 0.717) is 21.9 Å². The SMILES string of the molecule is CCN1CCOCC1.CCNC(=O)c1ccccc1C(=S)S. The molecule has 0 radical (unpaired) electrons. The van der Waals surface area contributed by atoms with Crippen molar-refractivity contribution >= 4 is 35.0 Å². The third-order valence-electron chi connectivity index (χ3n) is 3.29. The summed E-state index contributed by atoms with van der Waals surface area (Å²) in [5, 5.41) is 2.72. The number of nitrogens with zero attached hydrogens (tertiary/aromatic N) is 1. The summed E-state index contributed by atoms with van der Waals surface area (Å²) in [4.78, 5) is 14.0. The third-order valence-corrected chi connectivity index (χ3v) is 3.75. The fraction of sp³-hybridized carbons (Fsp3) is 0.500. The number of likely N-dealkylation sites (N-methyl/N-ethyl adjacent to an activating group) is 1. The van der Waals surface area contributed by atoms with E-state index in [2.05, 4.69) is 29.8 Å². The van der Waals surface area contributed by atoms with Crippen molar-refractivity contribution in [1.29, 1.82) is 0 Å². The first-order valence-electron chi connectivity index (χ1n) is 7.50. The van der Waals surface area contributed by atoms with Gasteiger partial charge in [0.05, 0.1) is 17.4 Å². The van der Waals surface area contributed by atoms with E-state index < -0.39 is 0 Å². The van der Waals surface area contributed by atoms with Gasteiger partial charge in [-0.1, -0.05) is 37.3 Å². The van der Waals surface area contributed by atoms with Crippen LogP contribution in [0.3, 0.4) is 0 Å². The molecule has 0 atom stereocenters. The summed E-state index contributed by atoms with van der Waals surface area (Å²) in [6.07, 6.45) is 0. The minimum absolute atomic E-state index is 0.112. The molecule has 2 rings (SSSR count). The van der Waals surface area contributed by atoms with E-state index in [9.17, 15) is 4.79 Å². The van der Waals surface area contributed by atoms with Crippen molar-refractivity contribution in [2.45, 2.75) is 13.8 Å². The van der Waals surface area contributed by atoms with Crippen LogP contribution >= 0.6 is 24.8 Å². The van der Waals surface area contributed by atoms with Crippen LogP contribution in [0.25, 0.3) is 0 Å². The van der Waals surface area contributed by atoms with Crippen molar-refractivity contribution in [3.63, 3.8) is 0 Å². The number of thiocarbonyl (C=S) groups is 1. The number of morpholine rings is 1. The molecule has 1 aromatic rings. The van der Waals surface area contributed by atoms with Gasteiger partial charge in [0.1, 0.15) is 0 Å². The van der Waals surface area contributed by atoms with E-state index in [1.165, 1.54) is 6.54 Å². The van der Waals surface area contributed by atoms with Gasteiger partial charge in [-0.2, -0.15) is 0 Å². The first-order valence-corrected chi connectivity index (χ1v) is 8.36. The quantitative estimate of drug-likeness (QED) is 0.652. The Bertz CT molecular complexity index is 489. The van der Waals surface area contributed by atoms with Gasteiger partial charge in [0.2, 0.25) is 0 Å². The van der Waals surface area contributed by atoms with Crippen LogP contribution in [0.4, 0.5) is 0 Å². The summed E-state index contributed by atoms with van der Waals surface area (Å²) in [6.45, 7) is 9.93. The zero-order chi connectivity index (χ0) is 16.4. The molecular weight excluding hydrogens is 316 g/mol. The number of thiol groups is 1. The van der Waals surface area contributed by atoms with Crippen LogP contribution in [0, 0.1) is 0 Å². The van der Waals surface area contributed by atoms with Gasteiger partial charge in [-0.25, -0.2) is 0 Å². The molecule has 0 saturated carbocycles. The fourth-order valence-corrected chi connectivity index (χ4v) is 2.41. The van der Waals surface area contributed by atoms with Crippen molar-refractivity contribution in [1.82, 2.24) is 10.2 Å². The molecule has 1 aromatic carbocycles. The lowest BCUT2D eigenvalue weighted by Gasteiger charge is -2.24. The zero-order valence-electron chi connectivity index (χ0n) is 13.2. The maximum Gasteiger partial charge on any atom is 0.251 e.